The van der Waals surface area contributed by atoms with E-state index in [-0.39, 0.29) is 11.3 Å². The highest BCUT2D eigenvalue weighted by Crippen LogP contribution is 2.30. The smallest absolute Gasteiger partial charge is 0.335 e. The molecule has 2 heterocycles. The predicted molar refractivity (Wildman–Crippen MR) is 137 cm³/mol. The van der Waals surface area contributed by atoms with Crippen LogP contribution in [-0.2, 0) is 0 Å². The zero-order chi connectivity index (χ0) is 25.1. The van der Waals surface area contributed by atoms with E-state index >= 15 is 0 Å². The molecule has 5 rings (SSSR count). The van der Waals surface area contributed by atoms with Gasteiger partial charge in [0, 0.05) is 16.5 Å². The van der Waals surface area contributed by atoms with Gasteiger partial charge in [-0.25, -0.2) is 9.78 Å². The van der Waals surface area contributed by atoms with Crippen molar-refractivity contribution < 1.29 is 14.6 Å². The monoisotopic (exact) mass is 497 g/mol. The molecule has 0 aliphatic carbocycles. The average Bonchev–Trinajstić information content (AvgIpc) is 3.53. The van der Waals surface area contributed by atoms with Crippen LogP contribution in [0.25, 0.3) is 27.6 Å². The standard InChI is InChI=1S/C26H19N5O4S/c1-35-20-13-9-16(10-14-20)21-15-36-26(27-21)31-24(32)23(22(30-31)17-5-3-2-4-6-17)29-28-19-11-7-18(8-12-19)25(33)34/h2-15,30H,1H3,(H,33,34). The molecule has 0 aliphatic rings. The van der Waals surface area contributed by atoms with E-state index in [0.29, 0.717) is 16.5 Å². The molecule has 9 nitrogen and oxygen atoms in total. The van der Waals surface area contributed by atoms with Crippen LogP contribution >= 0.6 is 11.3 Å². The summed E-state index contributed by atoms with van der Waals surface area (Å²) in [6.45, 7) is 0. The number of carboxylic acids is 1. The summed E-state index contributed by atoms with van der Waals surface area (Å²) in [4.78, 5) is 29.1. The Bertz CT molecular complexity index is 1600. The Morgan fingerprint density at radius 2 is 1.69 bits per heavy atom. The fraction of sp³-hybridized carbons (Fsp3) is 0.0385. The normalized spacial score (nSPS) is 11.1. The van der Waals surface area contributed by atoms with Crippen LogP contribution in [0.2, 0.25) is 0 Å². The number of aromatic carboxylic acids is 1. The SMILES string of the molecule is COc1ccc(-c2csc(-n3[nH]c(-c4ccccc4)c(N=Nc4ccc(C(=O)O)cc4)c3=O)n2)cc1. The summed E-state index contributed by atoms with van der Waals surface area (Å²) in [6.07, 6.45) is 0. The number of benzene rings is 3. The molecular formula is C26H19N5O4S. The third-order valence-electron chi connectivity index (χ3n) is 5.38. The van der Waals surface area contributed by atoms with Crippen LogP contribution in [0.15, 0.2) is 99.3 Å². The Balaban J connectivity index is 1.54. The Hall–Kier alpha value is -4.83. The summed E-state index contributed by atoms with van der Waals surface area (Å²) in [6, 6.07) is 22.8. The van der Waals surface area contributed by atoms with Crippen molar-refractivity contribution in [1.82, 2.24) is 14.8 Å². The fourth-order valence-corrected chi connectivity index (χ4v) is 4.29. The second kappa shape index (κ2) is 9.80. The first-order valence-electron chi connectivity index (χ1n) is 10.8. The molecule has 36 heavy (non-hydrogen) atoms. The van der Waals surface area contributed by atoms with Gasteiger partial charge in [0.05, 0.1) is 29.7 Å². The molecule has 0 bridgehead atoms. The maximum absolute atomic E-state index is 13.4. The van der Waals surface area contributed by atoms with Crippen molar-refractivity contribution in [3.05, 3.63) is 100 Å². The van der Waals surface area contributed by atoms with Crippen molar-refractivity contribution in [3.63, 3.8) is 0 Å². The van der Waals surface area contributed by atoms with Gasteiger partial charge in [-0.1, -0.05) is 30.3 Å². The van der Waals surface area contributed by atoms with Crippen LogP contribution in [0.1, 0.15) is 10.4 Å². The minimum absolute atomic E-state index is 0.115. The summed E-state index contributed by atoms with van der Waals surface area (Å²) in [5.41, 5.74) is 3.14. The minimum atomic E-state index is -1.03. The first-order valence-corrected chi connectivity index (χ1v) is 11.7. The molecule has 0 spiro atoms. The molecular weight excluding hydrogens is 478 g/mol. The quantitative estimate of drug-likeness (QED) is 0.264. The number of H-pyrrole nitrogens is 1. The number of aromatic amines is 1. The Kier molecular flexibility index (Phi) is 6.25. The molecule has 5 aromatic rings. The number of nitrogens with one attached hydrogen (secondary N) is 1. The highest BCUT2D eigenvalue weighted by atomic mass is 32.1. The van der Waals surface area contributed by atoms with Gasteiger partial charge in [-0.3, -0.25) is 9.89 Å². The van der Waals surface area contributed by atoms with Gasteiger partial charge in [0.15, 0.2) is 5.69 Å². The first kappa shape index (κ1) is 22.9. The number of carbonyl (C=O) groups is 1. The molecule has 10 heteroatoms. The summed E-state index contributed by atoms with van der Waals surface area (Å²) < 4.78 is 6.56. The molecule has 0 amide bonds. The fourth-order valence-electron chi connectivity index (χ4n) is 3.50. The van der Waals surface area contributed by atoms with Crippen molar-refractivity contribution in [1.29, 1.82) is 0 Å². The number of azo groups is 1. The van der Waals surface area contributed by atoms with Crippen molar-refractivity contribution >= 4 is 28.7 Å². The molecule has 0 fully saturated rings. The zero-order valence-electron chi connectivity index (χ0n) is 19.0. The molecule has 2 aromatic heterocycles. The maximum atomic E-state index is 13.4. The van der Waals surface area contributed by atoms with E-state index < -0.39 is 11.5 Å². The third kappa shape index (κ3) is 4.57. The lowest BCUT2D eigenvalue weighted by molar-refractivity contribution is 0.0697. The number of carboxylic acid groups (broad SMARTS) is 1. The van der Waals surface area contributed by atoms with E-state index in [9.17, 15) is 9.59 Å². The summed E-state index contributed by atoms with van der Waals surface area (Å²) >= 11 is 1.32. The highest BCUT2D eigenvalue weighted by Gasteiger charge is 2.19. The highest BCUT2D eigenvalue weighted by molar-refractivity contribution is 7.12. The van der Waals surface area contributed by atoms with E-state index in [4.69, 9.17) is 9.84 Å². The lowest BCUT2D eigenvalue weighted by atomic mass is 10.1. The largest absolute Gasteiger partial charge is 0.497 e. The molecule has 0 aliphatic heterocycles. The van der Waals surface area contributed by atoms with Gasteiger partial charge in [0.25, 0.3) is 0 Å². The Morgan fingerprint density at radius 1 is 0.972 bits per heavy atom. The second-order valence-electron chi connectivity index (χ2n) is 7.64. The molecule has 0 atom stereocenters. The van der Waals surface area contributed by atoms with Gasteiger partial charge in [-0.15, -0.1) is 16.5 Å². The van der Waals surface area contributed by atoms with Crippen LogP contribution < -0.4 is 10.3 Å². The van der Waals surface area contributed by atoms with Gasteiger partial charge < -0.3 is 9.84 Å². The average molecular weight is 498 g/mol. The first-order chi connectivity index (χ1) is 17.5. The van der Waals surface area contributed by atoms with Crippen LogP contribution in [0.3, 0.4) is 0 Å². The van der Waals surface area contributed by atoms with Crippen molar-refractivity contribution in [3.8, 4) is 33.4 Å². The van der Waals surface area contributed by atoms with Crippen molar-refractivity contribution in [2.45, 2.75) is 0 Å². The predicted octanol–water partition coefficient (Wildman–Crippen LogP) is 6.08. The summed E-state index contributed by atoms with van der Waals surface area (Å²) in [5, 5.41) is 22.9. The molecule has 3 aromatic carbocycles. The Labute approximate surface area is 209 Å². The number of hydrogen-bond acceptors (Lipinski definition) is 7. The maximum Gasteiger partial charge on any atom is 0.335 e. The third-order valence-corrected chi connectivity index (χ3v) is 6.20. The molecule has 0 saturated heterocycles. The van der Waals surface area contributed by atoms with Gasteiger partial charge in [-0.05, 0) is 48.5 Å². The van der Waals surface area contributed by atoms with Gasteiger partial charge in [-0.2, -0.15) is 9.80 Å². The number of aromatic nitrogens is 3. The van der Waals surface area contributed by atoms with E-state index in [1.165, 1.54) is 40.3 Å². The lowest BCUT2D eigenvalue weighted by Crippen LogP contribution is -2.13. The van der Waals surface area contributed by atoms with Crippen LogP contribution in [-0.4, -0.2) is 33.0 Å². The van der Waals surface area contributed by atoms with E-state index in [2.05, 4.69) is 20.3 Å². The number of rotatable bonds is 7. The van der Waals surface area contributed by atoms with E-state index in [0.717, 1.165) is 22.6 Å². The molecule has 178 valence electrons. The van der Waals surface area contributed by atoms with Gasteiger partial charge in [0.2, 0.25) is 5.13 Å². The Morgan fingerprint density at radius 3 is 2.36 bits per heavy atom. The minimum Gasteiger partial charge on any atom is -0.497 e. The van der Waals surface area contributed by atoms with Crippen LogP contribution in [0.4, 0.5) is 11.4 Å². The van der Waals surface area contributed by atoms with Crippen LogP contribution in [0.5, 0.6) is 5.75 Å². The van der Waals surface area contributed by atoms with Crippen molar-refractivity contribution in [2.75, 3.05) is 7.11 Å². The molecule has 0 radical (unpaired) electrons. The van der Waals surface area contributed by atoms with E-state index in [1.54, 1.807) is 7.11 Å². The van der Waals surface area contributed by atoms with Crippen molar-refractivity contribution in [2.24, 2.45) is 10.2 Å². The summed E-state index contributed by atoms with van der Waals surface area (Å²) in [5.74, 6) is -0.286. The lowest BCUT2D eigenvalue weighted by Gasteiger charge is -2.00. The van der Waals surface area contributed by atoms with Gasteiger partial charge in [0.1, 0.15) is 5.75 Å². The number of methoxy groups -OCH3 is 1. The van der Waals surface area contributed by atoms with E-state index in [1.807, 2.05) is 60.0 Å². The zero-order valence-corrected chi connectivity index (χ0v) is 19.8. The number of thiazole rings is 1. The second-order valence-corrected chi connectivity index (χ2v) is 8.47. The molecule has 0 unspecified atom stereocenters. The van der Waals surface area contributed by atoms with Gasteiger partial charge >= 0.3 is 11.5 Å². The van der Waals surface area contributed by atoms with Crippen LogP contribution in [0, 0.1) is 0 Å². The molecule has 0 saturated carbocycles. The summed E-state index contributed by atoms with van der Waals surface area (Å²) in [7, 11) is 1.61. The number of hydrogen-bond donors (Lipinski definition) is 2. The topological polar surface area (TPSA) is 122 Å². The number of ether oxygens (including phenoxy) is 1. The molecule has 2 N–H and O–H groups in total. The number of nitrogens with zero attached hydrogens (tertiary/aromatic N) is 4.